The fourth-order valence-electron chi connectivity index (χ4n) is 3.04. The maximum absolute atomic E-state index is 12.9. The number of hydrogen-bond donors (Lipinski definition) is 0. The minimum absolute atomic E-state index is 0.0343. The van der Waals surface area contributed by atoms with Crippen molar-refractivity contribution in [3.05, 3.63) is 17.5 Å². The number of piperazine rings is 1. The molecule has 0 aliphatic carbocycles. The minimum atomic E-state index is -3.82. The van der Waals surface area contributed by atoms with Crippen LogP contribution in [0, 0.1) is 0 Å². The first kappa shape index (κ1) is 19.1. The number of thiophene rings is 1. The molecule has 1 atom stereocenters. The molecule has 0 bridgehead atoms. The third kappa shape index (κ3) is 3.70. The number of amides is 2. The van der Waals surface area contributed by atoms with E-state index in [0.717, 1.165) is 15.6 Å². The number of nitrogens with zero attached hydrogens (tertiary/aromatic N) is 3. The van der Waals surface area contributed by atoms with E-state index in [0.29, 0.717) is 26.3 Å². The van der Waals surface area contributed by atoms with Gasteiger partial charge in [-0.05, 0) is 11.4 Å². The molecule has 0 unspecified atom stereocenters. The fraction of sp³-hybridized carbons (Fsp3) is 0.600. The normalized spacial score (nSPS) is 22.3. The summed E-state index contributed by atoms with van der Waals surface area (Å²) in [5, 5.41) is 1.66. The van der Waals surface area contributed by atoms with E-state index in [4.69, 9.17) is 9.47 Å². The molecular formula is C15H21N3O6S2. The number of carbonyl (C=O) groups excluding carboxylic acids is 2. The molecule has 1 aromatic heterocycles. The predicted octanol–water partition coefficient (Wildman–Crippen LogP) is 0.0482. The summed E-state index contributed by atoms with van der Waals surface area (Å²) < 4.78 is 37.0. The Kier molecular flexibility index (Phi) is 5.80. The zero-order valence-electron chi connectivity index (χ0n) is 14.4. The molecule has 0 saturated carbocycles. The van der Waals surface area contributed by atoms with Gasteiger partial charge in [-0.15, -0.1) is 11.3 Å². The Labute approximate surface area is 156 Å². The summed E-state index contributed by atoms with van der Waals surface area (Å²) in [7, 11) is -2.61. The highest BCUT2D eigenvalue weighted by Crippen LogP contribution is 2.26. The van der Waals surface area contributed by atoms with Gasteiger partial charge in [0, 0.05) is 32.7 Å². The van der Waals surface area contributed by atoms with Crippen LogP contribution in [0.3, 0.4) is 0 Å². The Bertz CT molecular complexity index is 745. The van der Waals surface area contributed by atoms with Gasteiger partial charge in [0.15, 0.2) is 0 Å². The van der Waals surface area contributed by atoms with Crippen molar-refractivity contribution in [2.45, 2.75) is 10.3 Å². The molecule has 2 fully saturated rings. The van der Waals surface area contributed by atoms with Crippen molar-refractivity contribution in [1.82, 2.24) is 14.1 Å². The van der Waals surface area contributed by atoms with Gasteiger partial charge in [0.1, 0.15) is 10.3 Å². The lowest BCUT2D eigenvalue weighted by molar-refractivity contribution is -0.146. The van der Waals surface area contributed by atoms with Crippen molar-refractivity contribution in [1.29, 1.82) is 0 Å². The zero-order valence-corrected chi connectivity index (χ0v) is 16.0. The third-order valence-electron chi connectivity index (χ3n) is 4.41. The number of urea groups is 1. The molecule has 0 spiro atoms. The van der Waals surface area contributed by atoms with Crippen molar-refractivity contribution in [3.8, 4) is 0 Å². The van der Waals surface area contributed by atoms with E-state index in [1.54, 1.807) is 16.3 Å². The van der Waals surface area contributed by atoms with E-state index in [1.165, 1.54) is 18.1 Å². The average molecular weight is 403 g/mol. The number of esters is 1. The Hall–Kier alpha value is -1.69. The summed E-state index contributed by atoms with van der Waals surface area (Å²) >= 11 is 1.09. The third-order valence-corrected chi connectivity index (χ3v) is 7.70. The van der Waals surface area contributed by atoms with Crippen molar-refractivity contribution >= 4 is 33.4 Å². The van der Waals surface area contributed by atoms with Crippen LogP contribution >= 0.6 is 11.3 Å². The highest BCUT2D eigenvalue weighted by Gasteiger charge is 2.43. The fourth-order valence-corrected chi connectivity index (χ4v) is 5.72. The number of sulfonamides is 1. The topological polar surface area (TPSA) is 96.5 Å². The van der Waals surface area contributed by atoms with Crippen LogP contribution in [0.4, 0.5) is 4.79 Å². The number of ether oxygens (including phenoxy) is 2. The van der Waals surface area contributed by atoms with Crippen LogP contribution in [0.1, 0.15) is 0 Å². The molecule has 3 rings (SSSR count). The van der Waals surface area contributed by atoms with E-state index in [2.05, 4.69) is 0 Å². The lowest BCUT2D eigenvalue weighted by Crippen LogP contribution is -2.61. The molecule has 2 saturated heterocycles. The van der Waals surface area contributed by atoms with E-state index < -0.39 is 22.0 Å². The maximum atomic E-state index is 12.9. The largest absolute Gasteiger partial charge is 0.468 e. The predicted molar refractivity (Wildman–Crippen MR) is 93.4 cm³/mol. The van der Waals surface area contributed by atoms with Gasteiger partial charge in [-0.25, -0.2) is 13.2 Å². The minimum Gasteiger partial charge on any atom is -0.468 e. The SMILES string of the molecule is COC(=O)[C@H]1CN(C(=O)N2CCOCC2)CCN1S(=O)(=O)c1cccs1. The van der Waals surface area contributed by atoms with Crippen LogP contribution in [-0.4, -0.2) is 93.6 Å². The molecule has 11 heteroatoms. The van der Waals surface area contributed by atoms with Crippen molar-refractivity contribution in [2.75, 3.05) is 53.0 Å². The Balaban J connectivity index is 1.79. The number of carbonyl (C=O) groups is 2. The highest BCUT2D eigenvalue weighted by atomic mass is 32.2. The van der Waals surface area contributed by atoms with Crippen LogP contribution in [-0.2, 0) is 24.3 Å². The average Bonchev–Trinajstić information content (AvgIpc) is 3.22. The van der Waals surface area contributed by atoms with Gasteiger partial charge >= 0.3 is 12.0 Å². The molecule has 0 radical (unpaired) electrons. The Morgan fingerprint density at radius 3 is 2.54 bits per heavy atom. The van der Waals surface area contributed by atoms with E-state index >= 15 is 0 Å². The summed E-state index contributed by atoms with van der Waals surface area (Å²) in [4.78, 5) is 28.1. The Morgan fingerprint density at radius 1 is 1.19 bits per heavy atom. The summed E-state index contributed by atoms with van der Waals surface area (Å²) in [5.74, 6) is -0.676. The first-order chi connectivity index (χ1) is 12.4. The monoisotopic (exact) mass is 403 g/mol. The molecule has 2 aliphatic rings. The van der Waals surface area contributed by atoms with Crippen LogP contribution < -0.4 is 0 Å². The quantitative estimate of drug-likeness (QED) is 0.662. The second-order valence-electron chi connectivity index (χ2n) is 5.91. The standard InChI is InChI=1S/C15H21N3O6S2/c1-23-14(19)12-11-17(15(20)16-6-8-24-9-7-16)4-5-18(12)26(21,22)13-3-2-10-25-13/h2-3,10,12H,4-9,11H2,1H3/t12-/m1/s1. The highest BCUT2D eigenvalue weighted by molar-refractivity contribution is 7.91. The molecule has 0 N–H and O–H groups in total. The first-order valence-corrected chi connectivity index (χ1v) is 10.5. The molecule has 144 valence electrons. The van der Waals surface area contributed by atoms with Crippen LogP contribution in [0.25, 0.3) is 0 Å². The lowest BCUT2D eigenvalue weighted by atomic mass is 10.2. The number of rotatable bonds is 3. The maximum Gasteiger partial charge on any atom is 0.326 e. The van der Waals surface area contributed by atoms with Gasteiger partial charge < -0.3 is 19.3 Å². The van der Waals surface area contributed by atoms with Gasteiger partial charge in [0.05, 0.1) is 20.3 Å². The zero-order chi connectivity index (χ0) is 18.7. The number of morpholine rings is 1. The first-order valence-electron chi connectivity index (χ1n) is 8.20. The van der Waals surface area contributed by atoms with Crippen LogP contribution in [0.5, 0.6) is 0 Å². The van der Waals surface area contributed by atoms with Crippen molar-refractivity contribution < 1.29 is 27.5 Å². The molecule has 3 heterocycles. The Morgan fingerprint density at radius 2 is 1.92 bits per heavy atom. The van der Waals surface area contributed by atoms with Gasteiger partial charge in [-0.1, -0.05) is 6.07 Å². The summed E-state index contributed by atoms with van der Waals surface area (Å²) in [6, 6.07) is 1.86. The van der Waals surface area contributed by atoms with E-state index in [1.807, 2.05) is 0 Å². The van der Waals surface area contributed by atoms with Crippen LogP contribution in [0.2, 0.25) is 0 Å². The van der Waals surface area contributed by atoms with Gasteiger partial charge in [0.25, 0.3) is 10.0 Å². The molecule has 1 aromatic rings. The van der Waals surface area contributed by atoms with Crippen LogP contribution in [0.15, 0.2) is 21.7 Å². The summed E-state index contributed by atoms with van der Waals surface area (Å²) in [5.41, 5.74) is 0. The molecular weight excluding hydrogens is 382 g/mol. The second kappa shape index (κ2) is 7.91. The van der Waals surface area contributed by atoms with Gasteiger partial charge in [-0.2, -0.15) is 4.31 Å². The summed E-state index contributed by atoms with van der Waals surface area (Å²) in [6.45, 7) is 2.13. The van der Waals surface area contributed by atoms with Crippen molar-refractivity contribution in [2.24, 2.45) is 0 Å². The molecule has 9 nitrogen and oxygen atoms in total. The number of hydrogen-bond acceptors (Lipinski definition) is 7. The van der Waals surface area contributed by atoms with E-state index in [-0.39, 0.29) is 29.9 Å². The van der Waals surface area contributed by atoms with Crippen molar-refractivity contribution in [3.63, 3.8) is 0 Å². The van der Waals surface area contributed by atoms with E-state index in [9.17, 15) is 18.0 Å². The lowest BCUT2D eigenvalue weighted by Gasteiger charge is -2.41. The summed E-state index contributed by atoms with van der Waals surface area (Å²) in [6.07, 6.45) is 0. The smallest absolute Gasteiger partial charge is 0.326 e. The molecule has 2 aliphatic heterocycles. The number of methoxy groups -OCH3 is 1. The molecule has 0 aromatic carbocycles. The second-order valence-corrected chi connectivity index (χ2v) is 8.98. The molecule has 26 heavy (non-hydrogen) atoms. The molecule has 2 amide bonds. The van der Waals surface area contributed by atoms with Gasteiger partial charge in [-0.3, -0.25) is 4.79 Å². The van der Waals surface area contributed by atoms with Gasteiger partial charge in [0.2, 0.25) is 0 Å².